The Morgan fingerprint density at radius 1 is 1.23 bits per heavy atom. The lowest BCUT2D eigenvalue weighted by molar-refractivity contribution is -0.117. The number of benzene rings is 1. The van der Waals surface area contributed by atoms with Gasteiger partial charge in [0.2, 0.25) is 5.91 Å². The molecule has 3 rings (SSSR count). The number of piperidine rings is 1. The molecule has 1 aromatic rings. The Labute approximate surface area is 132 Å². The molecule has 4 nitrogen and oxygen atoms in total. The van der Waals surface area contributed by atoms with E-state index in [0.717, 1.165) is 44.5 Å². The van der Waals surface area contributed by atoms with Crippen molar-refractivity contribution in [2.75, 3.05) is 18.0 Å². The number of anilines is 1. The second-order valence-electron chi connectivity index (χ2n) is 6.26. The van der Waals surface area contributed by atoms with Gasteiger partial charge in [-0.3, -0.25) is 9.59 Å². The summed E-state index contributed by atoms with van der Waals surface area (Å²) in [5.74, 6) is 0.272. The molecule has 2 aliphatic rings. The summed E-state index contributed by atoms with van der Waals surface area (Å²) in [5.41, 5.74) is 1.57. The Hall–Kier alpha value is -1.84. The summed E-state index contributed by atoms with van der Waals surface area (Å²) in [5, 5.41) is 0. The molecule has 0 saturated carbocycles. The highest BCUT2D eigenvalue weighted by molar-refractivity contribution is 5.99. The van der Waals surface area contributed by atoms with E-state index in [0.29, 0.717) is 18.0 Å². The van der Waals surface area contributed by atoms with Crippen molar-refractivity contribution >= 4 is 17.5 Å². The predicted octanol–water partition coefficient (Wildman–Crippen LogP) is 3.22. The molecular weight excluding hydrogens is 276 g/mol. The molecule has 22 heavy (non-hydrogen) atoms. The van der Waals surface area contributed by atoms with Crippen LogP contribution in [0.25, 0.3) is 0 Å². The van der Waals surface area contributed by atoms with Gasteiger partial charge in [0.25, 0.3) is 5.91 Å². The molecule has 2 saturated heterocycles. The molecule has 4 heteroatoms. The van der Waals surface area contributed by atoms with Gasteiger partial charge >= 0.3 is 0 Å². The minimum absolute atomic E-state index is 0.111. The first-order chi connectivity index (χ1) is 10.7. The molecule has 2 amide bonds. The maximum Gasteiger partial charge on any atom is 0.254 e. The molecule has 0 aromatic heterocycles. The third-order valence-electron chi connectivity index (χ3n) is 4.84. The maximum atomic E-state index is 12.8. The van der Waals surface area contributed by atoms with E-state index in [-0.39, 0.29) is 11.8 Å². The standard InChI is InChI=1S/C18H24N2O2/c1-2-15-8-3-4-11-20(15)18(22)14-7-5-9-16(13-14)19-12-6-10-17(19)21/h5,7,9,13,15H,2-4,6,8,10-12H2,1H3. The van der Waals surface area contributed by atoms with Crippen molar-refractivity contribution in [1.82, 2.24) is 4.90 Å². The SMILES string of the molecule is CCC1CCCCN1C(=O)c1cccc(N2CCCC2=O)c1. The van der Waals surface area contributed by atoms with E-state index in [1.165, 1.54) is 6.42 Å². The molecule has 118 valence electrons. The normalized spacial score (nSPS) is 22.2. The predicted molar refractivity (Wildman–Crippen MR) is 87.0 cm³/mol. The lowest BCUT2D eigenvalue weighted by Crippen LogP contribution is -2.43. The van der Waals surface area contributed by atoms with Gasteiger partial charge in [0, 0.05) is 36.8 Å². The topological polar surface area (TPSA) is 40.6 Å². The first kappa shape index (κ1) is 15.1. The monoisotopic (exact) mass is 300 g/mol. The molecule has 0 radical (unpaired) electrons. The first-order valence-corrected chi connectivity index (χ1v) is 8.42. The lowest BCUT2D eigenvalue weighted by atomic mass is 9.99. The summed E-state index contributed by atoms with van der Waals surface area (Å²) in [6.45, 7) is 3.76. The fourth-order valence-electron chi connectivity index (χ4n) is 3.59. The van der Waals surface area contributed by atoms with E-state index >= 15 is 0 Å². The number of nitrogens with zero attached hydrogens (tertiary/aromatic N) is 2. The van der Waals surface area contributed by atoms with Gasteiger partial charge in [-0.1, -0.05) is 13.0 Å². The summed E-state index contributed by atoms with van der Waals surface area (Å²) < 4.78 is 0. The smallest absolute Gasteiger partial charge is 0.254 e. The molecule has 0 spiro atoms. The molecule has 1 aromatic carbocycles. The summed E-state index contributed by atoms with van der Waals surface area (Å²) in [6.07, 6.45) is 5.93. The van der Waals surface area contributed by atoms with Crippen molar-refractivity contribution < 1.29 is 9.59 Å². The fraction of sp³-hybridized carbons (Fsp3) is 0.556. The van der Waals surface area contributed by atoms with Crippen LogP contribution in [0.15, 0.2) is 24.3 Å². The summed E-state index contributed by atoms with van der Waals surface area (Å²) in [7, 11) is 0. The Bertz CT molecular complexity index is 570. The zero-order valence-corrected chi connectivity index (χ0v) is 13.3. The molecule has 0 N–H and O–H groups in total. The van der Waals surface area contributed by atoms with Crippen molar-refractivity contribution in [3.63, 3.8) is 0 Å². The summed E-state index contributed by atoms with van der Waals surface area (Å²) in [6, 6.07) is 7.92. The third kappa shape index (κ3) is 2.87. The number of hydrogen-bond donors (Lipinski definition) is 0. The average molecular weight is 300 g/mol. The van der Waals surface area contributed by atoms with Gasteiger partial charge in [-0.2, -0.15) is 0 Å². The Morgan fingerprint density at radius 3 is 2.82 bits per heavy atom. The number of carbonyl (C=O) groups is 2. The number of carbonyl (C=O) groups excluding carboxylic acids is 2. The molecular formula is C18H24N2O2. The average Bonchev–Trinajstić information content (AvgIpc) is 3.00. The van der Waals surface area contributed by atoms with Crippen LogP contribution in [-0.2, 0) is 4.79 Å². The minimum Gasteiger partial charge on any atom is -0.336 e. The number of likely N-dealkylation sites (tertiary alicyclic amines) is 1. The molecule has 2 aliphatic heterocycles. The molecule has 1 atom stereocenters. The van der Waals surface area contributed by atoms with Gasteiger partial charge in [-0.15, -0.1) is 0 Å². The second-order valence-corrected chi connectivity index (χ2v) is 6.26. The quantitative estimate of drug-likeness (QED) is 0.860. The number of hydrogen-bond acceptors (Lipinski definition) is 2. The minimum atomic E-state index is 0.111. The van der Waals surface area contributed by atoms with Crippen molar-refractivity contribution in [3.05, 3.63) is 29.8 Å². The molecule has 2 fully saturated rings. The van der Waals surface area contributed by atoms with Crippen LogP contribution in [0.4, 0.5) is 5.69 Å². The van der Waals surface area contributed by atoms with Crippen LogP contribution in [0.1, 0.15) is 55.8 Å². The van der Waals surface area contributed by atoms with Crippen LogP contribution in [0.3, 0.4) is 0 Å². The van der Waals surface area contributed by atoms with E-state index in [1.807, 2.05) is 29.2 Å². The van der Waals surface area contributed by atoms with Crippen LogP contribution >= 0.6 is 0 Å². The number of rotatable bonds is 3. The van der Waals surface area contributed by atoms with Crippen molar-refractivity contribution in [2.45, 2.75) is 51.5 Å². The third-order valence-corrected chi connectivity index (χ3v) is 4.84. The summed E-state index contributed by atoms with van der Waals surface area (Å²) in [4.78, 5) is 28.5. The van der Waals surface area contributed by atoms with E-state index < -0.39 is 0 Å². The maximum absolute atomic E-state index is 12.8. The zero-order valence-electron chi connectivity index (χ0n) is 13.3. The Balaban J connectivity index is 1.82. The highest BCUT2D eigenvalue weighted by atomic mass is 16.2. The van der Waals surface area contributed by atoms with Crippen LogP contribution in [0.5, 0.6) is 0 Å². The van der Waals surface area contributed by atoms with E-state index in [2.05, 4.69) is 6.92 Å². The van der Waals surface area contributed by atoms with Gasteiger partial charge in [-0.05, 0) is 50.3 Å². The van der Waals surface area contributed by atoms with Gasteiger partial charge in [0.1, 0.15) is 0 Å². The molecule has 0 bridgehead atoms. The van der Waals surface area contributed by atoms with Crippen LogP contribution < -0.4 is 4.90 Å². The first-order valence-electron chi connectivity index (χ1n) is 8.42. The van der Waals surface area contributed by atoms with E-state index in [9.17, 15) is 9.59 Å². The van der Waals surface area contributed by atoms with Crippen LogP contribution in [0, 0.1) is 0 Å². The van der Waals surface area contributed by atoms with E-state index in [4.69, 9.17) is 0 Å². The molecule has 0 aliphatic carbocycles. The Kier molecular flexibility index (Phi) is 4.46. The zero-order chi connectivity index (χ0) is 15.5. The van der Waals surface area contributed by atoms with Crippen LogP contribution in [-0.4, -0.2) is 35.8 Å². The highest BCUT2D eigenvalue weighted by Crippen LogP contribution is 2.25. The lowest BCUT2D eigenvalue weighted by Gasteiger charge is -2.35. The molecule has 1 unspecified atom stereocenters. The van der Waals surface area contributed by atoms with Crippen molar-refractivity contribution in [3.8, 4) is 0 Å². The van der Waals surface area contributed by atoms with Crippen LogP contribution in [0.2, 0.25) is 0 Å². The van der Waals surface area contributed by atoms with Crippen molar-refractivity contribution in [2.24, 2.45) is 0 Å². The number of amides is 2. The second kappa shape index (κ2) is 6.51. The van der Waals surface area contributed by atoms with E-state index in [1.54, 1.807) is 4.90 Å². The van der Waals surface area contributed by atoms with Gasteiger partial charge in [0.05, 0.1) is 0 Å². The van der Waals surface area contributed by atoms with Crippen molar-refractivity contribution in [1.29, 1.82) is 0 Å². The molecule has 2 heterocycles. The fourth-order valence-corrected chi connectivity index (χ4v) is 3.59. The van der Waals surface area contributed by atoms with Gasteiger partial charge < -0.3 is 9.80 Å². The largest absolute Gasteiger partial charge is 0.336 e. The van der Waals surface area contributed by atoms with Gasteiger partial charge in [-0.25, -0.2) is 0 Å². The summed E-state index contributed by atoms with van der Waals surface area (Å²) >= 11 is 0. The van der Waals surface area contributed by atoms with Gasteiger partial charge in [0.15, 0.2) is 0 Å². The Morgan fingerprint density at radius 2 is 2.09 bits per heavy atom. The highest BCUT2D eigenvalue weighted by Gasteiger charge is 2.27.